The first kappa shape index (κ1) is 15.3. The van der Waals surface area contributed by atoms with E-state index in [1.807, 2.05) is 18.2 Å². The quantitative estimate of drug-likeness (QED) is 0.787. The zero-order valence-corrected chi connectivity index (χ0v) is 14.4. The van der Waals surface area contributed by atoms with Crippen molar-refractivity contribution in [1.29, 1.82) is 0 Å². The molecule has 0 saturated heterocycles. The molecule has 3 rings (SSSR count). The van der Waals surface area contributed by atoms with E-state index in [-0.39, 0.29) is 11.4 Å². The van der Waals surface area contributed by atoms with Gasteiger partial charge in [-0.15, -0.1) is 0 Å². The Morgan fingerprint density at radius 2 is 2.05 bits per heavy atom. The van der Waals surface area contributed by atoms with Gasteiger partial charge in [0.15, 0.2) is 0 Å². The fraction of sp³-hybridized carbons (Fsp3) is 0.333. The van der Waals surface area contributed by atoms with Crippen LogP contribution in [-0.4, -0.2) is 21.8 Å². The van der Waals surface area contributed by atoms with Gasteiger partial charge < -0.3 is 4.55 Å². The number of benzene rings is 1. The molecule has 115 valence electrons. The van der Waals surface area contributed by atoms with Gasteiger partial charge in [-0.05, 0) is 17.0 Å². The standard InChI is InChI=1S/C15H16N3O2S2/c1-15(2,3)9-6-5-7-10-12(9)18(13(19)16-10)14-17-11(8-21-14)22(4)20/h5-8H,1-4H3. The Morgan fingerprint density at radius 1 is 1.32 bits per heavy atom. The Morgan fingerprint density at radius 3 is 2.64 bits per heavy atom. The van der Waals surface area contributed by atoms with E-state index < -0.39 is 11.2 Å². The highest BCUT2D eigenvalue weighted by molar-refractivity contribution is 7.90. The molecule has 5 nitrogen and oxygen atoms in total. The molecule has 2 aromatic rings. The van der Waals surface area contributed by atoms with Crippen molar-refractivity contribution in [2.45, 2.75) is 31.2 Å². The number of carbonyl (C=O) groups excluding carboxylic acids is 1. The number of para-hydroxylation sites is 1. The van der Waals surface area contributed by atoms with Crippen LogP contribution in [0, 0.1) is 0 Å². The van der Waals surface area contributed by atoms with E-state index in [1.54, 1.807) is 11.6 Å². The van der Waals surface area contributed by atoms with Crippen molar-refractivity contribution in [2.75, 3.05) is 11.2 Å². The van der Waals surface area contributed by atoms with Gasteiger partial charge in [-0.3, -0.25) is 0 Å². The summed E-state index contributed by atoms with van der Waals surface area (Å²) in [5.41, 5.74) is 2.35. The molecule has 0 aliphatic carbocycles. The van der Waals surface area contributed by atoms with E-state index in [4.69, 9.17) is 0 Å². The number of urea groups is 1. The molecular weight excluding hydrogens is 318 g/mol. The van der Waals surface area contributed by atoms with E-state index in [0.29, 0.717) is 15.8 Å². The van der Waals surface area contributed by atoms with E-state index in [0.717, 1.165) is 11.3 Å². The molecule has 0 fully saturated rings. The van der Waals surface area contributed by atoms with Crippen LogP contribution in [-0.2, 0) is 16.6 Å². The number of nitrogens with zero attached hydrogens (tertiary/aromatic N) is 3. The predicted molar refractivity (Wildman–Crippen MR) is 88.9 cm³/mol. The van der Waals surface area contributed by atoms with Crippen LogP contribution in [0.15, 0.2) is 28.6 Å². The molecule has 1 radical (unpaired) electrons. The van der Waals surface area contributed by atoms with Crippen LogP contribution in [0.1, 0.15) is 26.3 Å². The molecule has 1 aliphatic heterocycles. The average molecular weight is 334 g/mol. The van der Waals surface area contributed by atoms with Crippen molar-refractivity contribution >= 4 is 45.1 Å². The minimum absolute atomic E-state index is 0.128. The fourth-order valence-electron chi connectivity index (χ4n) is 2.37. The number of anilines is 2. The first-order valence-electron chi connectivity index (χ1n) is 6.77. The first-order valence-corrected chi connectivity index (χ1v) is 9.21. The maximum Gasteiger partial charge on any atom is 0.355 e. The Labute approximate surface area is 136 Å². The van der Waals surface area contributed by atoms with Gasteiger partial charge in [0.2, 0.25) is 5.13 Å². The van der Waals surface area contributed by atoms with E-state index in [1.165, 1.54) is 16.2 Å². The lowest BCUT2D eigenvalue weighted by Crippen LogP contribution is -2.25. The van der Waals surface area contributed by atoms with E-state index >= 15 is 0 Å². The maximum absolute atomic E-state index is 12.3. The summed E-state index contributed by atoms with van der Waals surface area (Å²) in [5, 5.41) is 6.82. The topological polar surface area (TPSA) is 70.4 Å². The number of amides is 2. The zero-order valence-electron chi connectivity index (χ0n) is 12.8. The molecule has 2 amide bonds. The highest BCUT2D eigenvalue weighted by atomic mass is 32.2. The molecule has 22 heavy (non-hydrogen) atoms. The van der Waals surface area contributed by atoms with Crippen molar-refractivity contribution in [3.05, 3.63) is 29.1 Å². The van der Waals surface area contributed by atoms with Crippen molar-refractivity contribution < 1.29 is 9.35 Å². The third-order valence-electron chi connectivity index (χ3n) is 3.41. The molecule has 0 spiro atoms. The van der Waals surface area contributed by atoms with Gasteiger partial charge in [-0.2, -0.15) is 10.3 Å². The SMILES string of the molecule is C[S+]([O-])c1csc(N2C(=O)[N]c3cccc(C(C)(C)C)c32)n1. The summed E-state index contributed by atoms with van der Waals surface area (Å²) in [5.74, 6) is 0. The molecule has 1 aliphatic rings. The number of aromatic nitrogens is 1. The predicted octanol–water partition coefficient (Wildman–Crippen LogP) is 3.69. The summed E-state index contributed by atoms with van der Waals surface area (Å²) in [6.07, 6.45) is 1.57. The Balaban J connectivity index is 2.14. The van der Waals surface area contributed by atoms with Gasteiger partial charge in [0.05, 0.1) is 16.8 Å². The Kier molecular flexibility index (Phi) is 3.66. The molecule has 7 heteroatoms. The summed E-state index contributed by atoms with van der Waals surface area (Å²) >= 11 is 0.134. The second-order valence-electron chi connectivity index (χ2n) is 6.08. The molecule has 0 saturated carbocycles. The van der Waals surface area contributed by atoms with Crippen molar-refractivity contribution in [2.24, 2.45) is 0 Å². The normalized spacial score (nSPS) is 15.7. The van der Waals surface area contributed by atoms with Gasteiger partial charge >= 0.3 is 6.03 Å². The first-order chi connectivity index (χ1) is 10.3. The lowest BCUT2D eigenvalue weighted by Gasteiger charge is -2.24. The average Bonchev–Trinajstić information content (AvgIpc) is 2.99. The monoisotopic (exact) mass is 334 g/mol. The maximum atomic E-state index is 12.3. The zero-order chi connectivity index (χ0) is 16.1. The smallest absolute Gasteiger partial charge is 0.355 e. The third kappa shape index (κ3) is 2.49. The summed E-state index contributed by atoms with van der Waals surface area (Å²) in [6.45, 7) is 6.29. The summed E-state index contributed by atoms with van der Waals surface area (Å²) in [6, 6.07) is 5.39. The van der Waals surface area contributed by atoms with Gasteiger partial charge in [-0.1, -0.05) is 44.2 Å². The number of hydrogen-bond acceptors (Lipinski definition) is 4. The molecule has 2 heterocycles. The number of thiazole rings is 1. The van der Waals surface area contributed by atoms with Crippen LogP contribution < -0.4 is 10.2 Å². The highest BCUT2D eigenvalue weighted by Crippen LogP contribution is 2.45. The number of fused-ring (bicyclic) bond motifs is 1. The van der Waals surface area contributed by atoms with Crippen LogP contribution >= 0.6 is 11.3 Å². The van der Waals surface area contributed by atoms with Crippen LogP contribution in [0.25, 0.3) is 0 Å². The minimum Gasteiger partial charge on any atom is -0.610 e. The van der Waals surface area contributed by atoms with Gasteiger partial charge in [-0.25, -0.2) is 9.69 Å². The summed E-state index contributed by atoms with van der Waals surface area (Å²) in [7, 11) is 0. The van der Waals surface area contributed by atoms with E-state index in [2.05, 4.69) is 31.1 Å². The van der Waals surface area contributed by atoms with Crippen molar-refractivity contribution in [3.63, 3.8) is 0 Å². The van der Waals surface area contributed by atoms with Crippen LogP contribution in [0.3, 0.4) is 0 Å². The molecule has 1 aromatic heterocycles. The molecule has 0 N–H and O–H groups in total. The summed E-state index contributed by atoms with van der Waals surface area (Å²) < 4.78 is 11.6. The minimum atomic E-state index is -1.17. The van der Waals surface area contributed by atoms with E-state index in [9.17, 15) is 9.35 Å². The molecule has 1 unspecified atom stereocenters. The van der Waals surface area contributed by atoms with Crippen LogP contribution in [0.4, 0.5) is 21.3 Å². The lowest BCUT2D eigenvalue weighted by atomic mass is 9.85. The van der Waals surface area contributed by atoms with Gasteiger partial charge in [0, 0.05) is 11.2 Å². The number of rotatable bonds is 2. The third-order valence-corrected chi connectivity index (χ3v) is 5.18. The number of carbonyl (C=O) groups is 1. The van der Waals surface area contributed by atoms with Gasteiger partial charge in [0.1, 0.15) is 6.26 Å². The largest absolute Gasteiger partial charge is 0.610 e. The number of hydrogen-bond donors (Lipinski definition) is 0. The Hall–Kier alpha value is -1.57. The molecular formula is C15H16N3O2S2. The molecule has 0 bridgehead atoms. The summed E-state index contributed by atoms with van der Waals surface area (Å²) in [4.78, 5) is 18.2. The Bertz CT molecular complexity index is 735. The van der Waals surface area contributed by atoms with Gasteiger partial charge in [0.25, 0.3) is 5.03 Å². The van der Waals surface area contributed by atoms with Crippen LogP contribution in [0.5, 0.6) is 0 Å². The molecule has 1 atom stereocenters. The fourth-order valence-corrected chi connectivity index (χ4v) is 4.02. The van der Waals surface area contributed by atoms with Crippen molar-refractivity contribution in [3.8, 4) is 0 Å². The lowest BCUT2D eigenvalue weighted by molar-refractivity contribution is 0.253. The second kappa shape index (κ2) is 5.26. The van der Waals surface area contributed by atoms with Crippen LogP contribution in [0.2, 0.25) is 0 Å². The van der Waals surface area contributed by atoms with Crippen molar-refractivity contribution in [1.82, 2.24) is 10.3 Å². The highest BCUT2D eigenvalue weighted by Gasteiger charge is 2.37. The second-order valence-corrected chi connectivity index (χ2v) is 8.24. The molecule has 1 aromatic carbocycles.